The number of halogens is 2. The molecule has 1 amide bonds. The van der Waals surface area contributed by atoms with Crippen LogP contribution in [0.3, 0.4) is 0 Å². The number of amides is 1. The Bertz CT molecular complexity index is 1350. The summed E-state index contributed by atoms with van der Waals surface area (Å²) in [5.41, 5.74) is 1.71. The third-order valence-corrected chi connectivity index (χ3v) is 6.67. The summed E-state index contributed by atoms with van der Waals surface area (Å²) in [7, 11) is -4.01. The van der Waals surface area contributed by atoms with Gasteiger partial charge in [-0.2, -0.15) is 0 Å². The Morgan fingerprint density at radius 3 is 2.47 bits per heavy atom. The van der Waals surface area contributed by atoms with Gasteiger partial charge in [0, 0.05) is 29.9 Å². The van der Waals surface area contributed by atoms with Crippen LogP contribution in [0.5, 0.6) is 0 Å². The first-order valence-electron chi connectivity index (χ1n) is 9.33. The number of non-ortho nitro benzene ring substituents is 1. The molecule has 164 valence electrons. The zero-order chi connectivity index (χ0) is 23.0. The van der Waals surface area contributed by atoms with E-state index in [2.05, 4.69) is 4.72 Å². The van der Waals surface area contributed by atoms with Gasteiger partial charge in [0.25, 0.3) is 21.6 Å². The summed E-state index contributed by atoms with van der Waals surface area (Å²) in [6.45, 7) is 0.384. The van der Waals surface area contributed by atoms with Crippen molar-refractivity contribution in [1.82, 2.24) is 0 Å². The third-order valence-electron chi connectivity index (χ3n) is 5.01. The van der Waals surface area contributed by atoms with E-state index in [1.54, 1.807) is 6.07 Å². The number of nitrogens with one attached hydrogen (secondary N) is 1. The molecule has 1 aliphatic heterocycles. The van der Waals surface area contributed by atoms with Crippen molar-refractivity contribution in [2.75, 3.05) is 16.2 Å². The lowest BCUT2D eigenvalue weighted by atomic mass is 10.1. The smallest absolute Gasteiger partial charge is 0.271 e. The number of anilines is 2. The Kier molecular flexibility index (Phi) is 5.57. The van der Waals surface area contributed by atoms with E-state index in [0.29, 0.717) is 18.7 Å². The molecule has 32 heavy (non-hydrogen) atoms. The van der Waals surface area contributed by atoms with Crippen molar-refractivity contribution in [2.45, 2.75) is 11.3 Å². The number of nitrogens with zero attached hydrogens (tertiary/aromatic N) is 2. The SMILES string of the molecule is O=C(c1ccc(NS(=O)(=O)c2ccc(F)c(Cl)c2)cc1)N1CCc2ccc([N+](=O)[O-])cc21. The largest absolute Gasteiger partial charge is 0.308 e. The quantitative estimate of drug-likeness (QED) is 0.434. The van der Waals surface area contributed by atoms with Crippen LogP contribution in [0.2, 0.25) is 5.02 Å². The summed E-state index contributed by atoms with van der Waals surface area (Å²) >= 11 is 5.66. The van der Waals surface area contributed by atoms with Gasteiger partial charge in [-0.3, -0.25) is 19.6 Å². The first kappa shape index (κ1) is 21.7. The fourth-order valence-electron chi connectivity index (χ4n) is 3.39. The second-order valence-corrected chi connectivity index (χ2v) is 9.13. The lowest BCUT2D eigenvalue weighted by molar-refractivity contribution is -0.384. The molecule has 3 aromatic rings. The molecule has 4 rings (SSSR count). The monoisotopic (exact) mass is 475 g/mol. The highest BCUT2D eigenvalue weighted by atomic mass is 35.5. The summed E-state index contributed by atoms with van der Waals surface area (Å²) in [5.74, 6) is -1.09. The number of hydrogen-bond donors (Lipinski definition) is 1. The van der Waals surface area contributed by atoms with Gasteiger partial charge in [-0.05, 0) is 54.4 Å². The van der Waals surface area contributed by atoms with Gasteiger partial charge in [-0.1, -0.05) is 17.7 Å². The topological polar surface area (TPSA) is 110 Å². The predicted molar refractivity (Wildman–Crippen MR) is 117 cm³/mol. The first-order valence-corrected chi connectivity index (χ1v) is 11.2. The number of rotatable bonds is 5. The average Bonchev–Trinajstić information content (AvgIpc) is 3.18. The van der Waals surface area contributed by atoms with Crippen molar-refractivity contribution >= 4 is 44.6 Å². The number of nitro benzene ring substituents is 1. The minimum absolute atomic E-state index is 0.103. The number of carbonyl (C=O) groups excluding carboxylic acids is 1. The zero-order valence-corrected chi connectivity index (χ0v) is 17.9. The molecule has 0 bridgehead atoms. The van der Waals surface area contributed by atoms with Crippen LogP contribution < -0.4 is 9.62 Å². The highest BCUT2D eigenvalue weighted by Gasteiger charge is 2.27. The van der Waals surface area contributed by atoms with Gasteiger partial charge < -0.3 is 4.90 Å². The number of fused-ring (bicyclic) bond motifs is 1. The average molecular weight is 476 g/mol. The van der Waals surface area contributed by atoms with Crippen molar-refractivity contribution < 1.29 is 22.5 Å². The number of hydrogen-bond acceptors (Lipinski definition) is 5. The van der Waals surface area contributed by atoms with Crippen LogP contribution >= 0.6 is 11.6 Å². The molecular formula is C21H15ClFN3O5S. The molecule has 11 heteroatoms. The van der Waals surface area contributed by atoms with Gasteiger partial charge in [0.2, 0.25) is 0 Å². The minimum Gasteiger partial charge on any atom is -0.308 e. The van der Waals surface area contributed by atoms with E-state index in [1.165, 1.54) is 41.3 Å². The maximum absolute atomic E-state index is 13.3. The molecule has 0 saturated heterocycles. The molecule has 0 atom stereocenters. The van der Waals surface area contributed by atoms with E-state index in [0.717, 1.165) is 23.8 Å². The van der Waals surface area contributed by atoms with Gasteiger partial charge in [0.1, 0.15) is 5.82 Å². The number of carbonyl (C=O) groups is 1. The van der Waals surface area contributed by atoms with Crippen molar-refractivity contribution in [2.24, 2.45) is 0 Å². The highest BCUT2D eigenvalue weighted by Crippen LogP contribution is 2.33. The summed E-state index contributed by atoms with van der Waals surface area (Å²) < 4.78 is 40.6. The molecule has 1 aliphatic rings. The molecule has 0 saturated carbocycles. The molecular weight excluding hydrogens is 461 g/mol. The Labute approximate surface area is 187 Å². The van der Waals surface area contributed by atoms with Crippen LogP contribution in [-0.4, -0.2) is 25.8 Å². The molecule has 0 spiro atoms. The Hall–Kier alpha value is -3.50. The summed E-state index contributed by atoms with van der Waals surface area (Å²) in [5, 5.41) is 10.7. The summed E-state index contributed by atoms with van der Waals surface area (Å²) in [4.78, 5) is 24.7. The Morgan fingerprint density at radius 2 is 1.81 bits per heavy atom. The van der Waals surface area contributed by atoms with Crippen LogP contribution in [0.25, 0.3) is 0 Å². The van der Waals surface area contributed by atoms with Crippen molar-refractivity contribution in [3.05, 3.63) is 92.7 Å². The van der Waals surface area contributed by atoms with Gasteiger partial charge in [-0.15, -0.1) is 0 Å². The predicted octanol–water partition coefficient (Wildman–Crippen LogP) is 4.39. The summed E-state index contributed by atoms with van der Waals surface area (Å²) in [6, 6.07) is 13.2. The van der Waals surface area contributed by atoms with Crippen LogP contribution in [0.4, 0.5) is 21.5 Å². The van der Waals surface area contributed by atoms with Crippen molar-refractivity contribution in [3.8, 4) is 0 Å². The minimum atomic E-state index is -4.01. The number of sulfonamides is 1. The van der Waals surface area contributed by atoms with E-state index in [4.69, 9.17) is 11.6 Å². The van der Waals surface area contributed by atoms with E-state index in [9.17, 15) is 27.7 Å². The van der Waals surface area contributed by atoms with Gasteiger partial charge in [0.15, 0.2) is 0 Å². The second kappa shape index (κ2) is 8.21. The van der Waals surface area contributed by atoms with Crippen LogP contribution in [-0.2, 0) is 16.4 Å². The number of nitro groups is 1. The van der Waals surface area contributed by atoms with Gasteiger partial charge >= 0.3 is 0 Å². The maximum atomic E-state index is 13.3. The van der Waals surface area contributed by atoms with Crippen molar-refractivity contribution in [1.29, 1.82) is 0 Å². The number of benzene rings is 3. The van der Waals surface area contributed by atoms with Gasteiger partial charge in [0.05, 0.1) is 20.5 Å². The molecule has 0 aliphatic carbocycles. The fourth-order valence-corrected chi connectivity index (χ4v) is 4.72. The van der Waals surface area contributed by atoms with E-state index < -0.39 is 20.8 Å². The summed E-state index contributed by atoms with van der Waals surface area (Å²) in [6.07, 6.45) is 0.581. The third kappa shape index (κ3) is 4.14. The Morgan fingerprint density at radius 1 is 1.09 bits per heavy atom. The zero-order valence-electron chi connectivity index (χ0n) is 16.3. The van der Waals surface area contributed by atoms with E-state index in [-0.39, 0.29) is 32.8 Å². The fraction of sp³-hybridized carbons (Fsp3) is 0.0952. The first-order chi connectivity index (χ1) is 15.2. The normalized spacial score (nSPS) is 13.0. The van der Waals surface area contributed by atoms with E-state index >= 15 is 0 Å². The Balaban J connectivity index is 1.53. The van der Waals surface area contributed by atoms with E-state index in [1.807, 2.05) is 0 Å². The molecule has 1 heterocycles. The van der Waals surface area contributed by atoms with Gasteiger partial charge in [-0.25, -0.2) is 12.8 Å². The lowest BCUT2D eigenvalue weighted by Gasteiger charge is -2.17. The molecule has 0 aromatic heterocycles. The van der Waals surface area contributed by atoms with Crippen LogP contribution in [0.15, 0.2) is 65.6 Å². The van der Waals surface area contributed by atoms with Crippen molar-refractivity contribution in [3.63, 3.8) is 0 Å². The maximum Gasteiger partial charge on any atom is 0.271 e. The molecule has 0 fully saturated rings. The van der Waals surface area contributed by atoms with Crippen LogP contribution in [0, 0.1) is 15.9 Å². The molecule has 3 aromatic carbocycles. The molecule has 0 unspecified atom stereocenters. The second-order valence-electron chi connectivity index (χ2n) is 7.04. The highest BCUT2D eigenvalue weighted by molar-refractivity contribution is 7.92. The van der Waals surface area contributed by atoms with Crippen LogP contribution in [0.1, 0.15) is 15.9 Å². The lowest BCUT2D eigenvalue weighted by Crippen LogP contribution is -2.28. The molecule has 0 radical (unpaired) electrons. The molecule has 8 nitrogen and oxygen atoms in total. The standard InChI is InChI=1S/C21H15ClFN3O5S/c22-18-12-17(7-8-19(18)23)32(30,31)24-15-4-1-14(2-5-15)21(27)25-10-9-13-3-6-16(26(28)29)11-20(13)25/h1-8,11-12,24H,9-10H2. The molecule has 1 N–H and O–H groups in total.